The smallest absolute Gasteiger partial charge is 0.251 e. The highest BCUT2D eigenvalue weighted by atomic mass is 32.2. The van der Waals surface area contributed by atoms with Crippen LogP contribution in [0.15, 0.2) is 83.8 Å². The first-order chi connectivity index (χ1) is 19.3. The second-order valence-electron chi connectivity index (χ2n) is 10.2. The van der Waals surface area contributed by atoms with E-state index in [1.807, 2.05) is 73.6 Å². The van der Waals surface area contributed by atoms with Gasteiger partial charge >= 0.3 is 0 Å². The fraction of sp³-hybridized carbons (Fsp3) is 0.281. The fourth-order valence-electron chi connectivity index (χ4n) is 5.44. The Balaban J connectivity index is 1.13. The van der Waals surface area contributed by atoms with Crippen LogP contribution >= 0.6 is 0 Å². The van der Waals surface area contributed by atoms with E-state index in [1.54, 1.807) is 12.1 Å². The Morgan fingerprint density at radius 3 is 2.27 bits per heavy atom. The second-order valence-corrected chi connectivity index (χ2v) is 12.0. The van der Waals surface area contributed by atoms with E-state index < -0.39 is 10.0 Å². The van der Waals surface area contributed by atoms with Gasteiger partial charge in [-0.05, 0) is 56.2 Å². The van der Waals surface area contributed by atoms with Crippen molar-refractivity contribution in [2.24, 2.45) is 0 Å². The number of sulfonamides is 1. The maximum Gasteiger partial charge on any atom is 0.251 e. The largest absolute Gasteiger partial charge is 0.377 e. The molecule has 0 fully saturated rings. The molecule has 0 atom stereocenters. The number of hydrogen-bond acceptors (Lipinski definition) is 4. The van der Waals surface area contributed by atoms with Gasteiger partial charge in [-0.15, -0.1) is 0 Å². The normalized spacial score (nSPS) is 11.9. The van der Waals surface area contributed by atoms with Crippen LogP contribution in [-0.4, -0.2) is 46.1 Å². The van der Waals surface area contributed by atoms with Gasteiger partial charge in [0.15, 0.2) is 0 Å². The van der Waals surface area contributed by atoms with Crippen LogP contribution in [0.4, 0.5) is 5.69 Å². The van der Waals surface area contributed by atoms with Crippen LogP contribution in [0.5, 0.6) is 0 Å². The van der Waals surface area contributed by atoms with Crippen molar-refractivity contribution in [3.05, 3.63) is 84.4 Å². The van der Waals surface area contributed by atoms with Crippen LogP contribution in [0.1, 0.15) is 36.5 Å². The first kappa shape index (κ1) is 27.7. The molecule has 1 heterocycles. The minimum Gasteiger partial charge on any atom is -0.377 e. The topological polar surface area (TPSA) is 83.4 Å². The molecule has 4 aromatic carbocycles. The highest BCUT2D eigenvalue weighted by Crippen LogP contribution is 2.31. The molecule has 0 aliphatic carbocycles. The third-order valence-electron chi connectivity index (χ3n) is 7.41. The van der Waals surface area contributed by atoms with Crippen molar-refractivity contribution in [2.45, 2.75) is 37.6 Å². The highest BCUT2D eigenvalue weighted by molar-refractivity contribution is 7.89. The molecule has 208 valence electrons. The van der Waals surface area contributed by atoms with Crippen LogP contribution in [-0.2, 0) is 16.6 Å². The summed E-state index contributed by atoms with van der Waals surface area (Å²) in [6, 6.07) is 25.2. The summed E-state index contributed by atoms with van der Waals surface area (Å²) >= 11 is 0. The number of rotatable bonds is 11. The summed E-state index contributed by atoms with van der Waals surface area (Å²) in [5.41, 5.74) is 3.92. The van der Waals surface area contributed by atoms with Crippen molar-refractivity contribution in [1.82, 2.24) is 14.6 Å². The summed E-state index contributed by atoms with van der Waals surface area (Å²) in [7, 11) is 0.246. The van der Waals surface area contributed by atoms with E-state index in [0.717, 1.165) is 46.7 Å². The SMILES string of the molecule is CCn1c2ccccc2c2cc(C(=O)NCCCCCNS(=O)(=O)c3cccc4c(N(C)C)cccc34)ccc21. The monoisotopic (exact) mass is 556 g/mol. The van der Waals surface area contributed by atoms with E-state index in [9.17, 15) is 13.2 Å². The van der Waals surface area contributed by atoms with Crippen LogP contribution < -0.4 is 14.9 Å². The van der Waals surface area contributed by atoms with Crippen molar-refractivity contribution in [3.63, 3.8) is 0 Å². The van der Waals surface area contributed by atoms with Crippen molar-refractivity contribution >= 4 is 54.2 Å². The second kappa shape index (κ2) is 11.7. The third-order valence-corrected chi connectivity index (χ3v) is 8.93. The van der Waals surface area contributed by atoms with Gasteiger partial charge in [0.05, 0.1) is 4.90 Å². The molecule has 0 bridgehead atoms. The number of hydrogen-bond donors (Lipinski definition) is 2. The Morgan fingerprint density at radius 1 is 0.775 bits per heavy atom. The number of nitrogens with zero attached hydrogens (tertiary/aromatic N) is 2. The third kappa shape index (κ3) is 5.42. The molecule has 0 radical (unpaired) electrons. The van der Waals surface area contributed by atoms with Gasteiger partial charge < -0.3 is 14.8 Å². The lowest BCUT2D eigenvalue weighted by atomic mass is 10.1. The molecule has 0 aliphatic heterocycles. The van der Waals surface area contributed by atoms with E-state index in [-0.39, 0.29) is 5.91 Å². The molecule has 5 aromatic rings. The molecule has 1 amide bonds. The zero-order valence-electron chi connectivity index (χ0n) is 23.3. The van der Waals surface area contributed by atoms with Crippen LogP contribution in [0.3, 0.4) is 0 Å². The molecule has 2 N–H and O–H groups in total. The average molecular weight is 557 g/mol. The molecule has 5 rings (SSSR count). The minimum absolute atomic E-state index is 0.0935. The first-order valence-corrected chi connectivity index (χ1v) is 15.3. The fourth-order valence-corrected chi connectivity index (χ4v) is 6.73. The van der Waals surface area contributed by atoms with Gasteiger partial charge in [0.1, 0.15) is 0 Å². The lowest BCUT2D eigenvalue weighted by Crippen LogP contribution is -2.26. The molecule has 40 heavy (non-hydrogen) atoms. The van der Waals surface area contributed by atoms with Crippen molar-refractivity contribution in [2.75, 3.05) is 32.1 Å². The molecule has 8 heteroatoms. The zero-order valence-corrected chi connectivity index (χ0v) is 24.1. The van der Waals surface area contributed by atoms with E-state index in [2.05, 4.69) is 33.7 Å². The summed E-state index contributed by atoms with van der Waals surface area (Å²) < 4.78 is 31.2. The van der Waals surface area contributed by atoms with E-state index in [1.165, 1.54) is 5.52 Å². The van der Waals surface area contributed by atoms with E-state index in [4.69, 9.17) is 0 Å². The molecule has 0 saturated heterocycles. The summed E-state index contributed by atoms with van der Waals surface area (Å²) in [6.07, 6.45) is 2.25. The number of anilines is 1. The van der Waals surface area contributed by atoms with Crippen LogP contribution in [0.2, 0.25) is 0 Å². The maximum atomic E-state index is 13.1. The molecule has 0 saturated carbocycles. The number of amides is 1. The number of nitrogens with one attached hydrogen (secondary N) is 2. The summed E-state index contributed by atoms with van der Waals surface area (Å²) in [6.45, 7) is 3.88. The lowest BCUT2D eigenvalue weighted by Gasteiger charge is -2.17. The number of aromatic nitrogens is 1. The van der Waals surface area contributed by atoms with E-state index in [0.29, 0.717) is 35.4 Å². The van der Waals surface area contributed by atoms with Crippen LogP contribution in [0, 0.1) is 0 Å². The van der Waals surface area contributed by atoms with Gasteiger partial charge in [-0.2, -0.15) is 0 Å². The van der Waals surface area contributed by atoms with Crippen LogP contribution in [0.25, 0.3) is 32.6 Å². The summed E-state index contributed by atoms with van der Waals surface area (Å²) in [4.78, 5) is 15.1. The number of carbonyl (C=O) groups is 1. The van der Waals surface area contributed by atoms with Gasteiger partial charge in [0.2, 0.25) is 10.0 Å². The van der Waals surface area contributed by atoms with Gasteiger partial charge in [0, 0.05) is 77.6 Å². The molecular formula is C32H36N4O3S. The standard InChI is InChI=1S/C32H36N4O3S/c1-4-36-29-15-7-6-12-25(29)27-22-23(18-19-30(27)36)32(37)33-20-8-5-9-21-34-40(38,39)31-17-11-13-24-26(31)14-10-16-28(24)35(2)3/h6-7,10-19,22,34H,4-5,8-9,20-21H2,1-3H3,(H,33,37). The molecule has 0 unspecified atom stereocenters. The number of carbonyl (C=O) groups excluding carboxylic acids is 1. The Bertz CT molecular complexity index is 1790. The van der Waals surface area contributed by atoms with Gasteiger partial charge in [-0.25, -0.2) is 13.1 Å². The Kier molecular flexibility index (Phi) is 8.09. The lowest BCUT2D eigenvalue weighted by molar-refractivity contribution is 0.0953. The van der Waals surface area contributed by atoms with Crippen molar-refractivity contribution in [3.8, 4) is 0 Å². The molecular weight excluding hydrogens is 520 g/mol. The van der Waals surface area contributed by atoms with Gasteiger partial charge in [-0.3, -0.25) is 4.79 Å². The Hall–Kier alpha value is -3.88. The number of aryl methyl sites for hydroxylation is 1. The molecule has 1 aromatic heterocycles. The van der Waals surface area contributed by atoms with Crippen molar-refractivity contribution in [1.29, 1.82) is 0 Å². The Labute approximate surface area is 235 Å². The highest BCUT2D eigenvalue weighted by Gasteiger charge is 2.18. The predicted octanol–water partition coefficient (Wildman–Crippen LogP) is 5.91. The molecule has 7 nitrogen and oxygen atoms in total. The predicted molar refractivity (Wildman–Crippen MR) is 165 cm³/mol. The maximum absolute atomic E-state index is 13.1. The number of para-hydroxylation sites is 1. The van der Waals surface area contributed by atoms with Crippen molar-refractivity contribution < 1.29 is 13.2 Å². The number of benzene rings is 4. The quantitative estimate of drug-likeness (QED) is 0.198. The first-order valence-electron chi connectivity index (χ1n) is 13.8. The average Bonchev–Trinajstić information content (AvgIpc) is 3.28. The molecule has 0 aliphatic rings. The summed E-state index contributed by atoms with van der Waals surface area (Å²) in [5, 5.41) is 6.86. The number of unbranched alkanes of at least 4 members (excludes halogenated alkanes) is 2. The Morgan fingerprint density at radius 2 is 1.48 bits per heavy atom. The van der Waals surface area contributed by atoms with Gasteiger partial charge in [-0.1, -0.05) is 48.9 Å². The van der Waals surface area contributed by atoms with E-state index >= 15 is 0 Å². The molecule has 0 spiro atoms. The summed E-state index contributed by atoms with van der Waals surface area (Å²) in [5.74, 6) is -0.0935. The van der Waals surface area contributed by atoms with Gasteiger partial charge in [0.25, 0.3) is 5.91 Å². The number of fused-ring (bicyclic) bond motifs is 4. The zero-order chi connectivity index (χ0) is 28.3. The minimum atomic E-state index is -3.65.